The Morgan fingerprint density at radius 3 is 2.88 bits per heavy atom. The second-order valence-electron chi connectivity index (χ2n) is 3.55. The molecule has 0 aliphatic rings. The van der Waals surface area contributed by atoms with Crippen LogP contribution >= 0.6 is 11.6 Å². The van der Waals surface area contributed by atoms with Gasteiger partial charge in [0.1, 0.15) is 5.75 Å². The predicted octanol–water partition coefficient (Wildman–Crippen LogP) is 2.69. The zero-order valence-corrected chi connectivity index (χ0v) is 10.1. The summed E-state index contributed by atoms with van der Waals surface area (Å²) in [6.07, 6.45) is 1.62. The zero-order chi connectivity index (χ0) is 12.3. The van der Waals surface area contributed by atoms with Crippen molar-refractivity contribution in [2.24, 2.45) is 5.73 Å². The van der Waals surface area contributed by atoms with Crippen LogP contribution in [0.15, 0.2) is 30.5 Å². The fraction of sp³-hybridized carbons (Fsp3) is 0.167. The van der Waals surface area contributed by atoms with Gasteiger partial charge < -0.3 is 10.5 Å². The first-order valence-corrected chi connectivity index (χ1v) is 5.53. The molecule has 0 aliphatic carbocycles. The molecule has 2 rings (SSSR count). The minimum absolute atomic E-state index is 0.290. The highest BCUT2D eigenvalue weighted by Crippen LogP contribution is 2.25. The molecule has 88 valence electrons. The van der Waals surface area contributed by atoms with E-state index in [0.29, 0.717) is 23.3 Å². The SMILES string of the molecule is Cc1cc(Cl)ccc1Oc1nccc(CN)n1. The Labute approximate surface area is 104 Å². The molecule has 0 atom stereocenters. The molecule has 2 aromatic rings. The van der Waals surface area contributed by atoms with Crippen molar-refractivity contribution in [1.29, 1.82) is 0 Å². The Hall–Kier alpha value is -1.65. The van der Waals surface area contributed by atoms with Gasteiger partial charge in [0.05, 0.1) is 5.69 Å². The van der Waals surface area contributed by atoms with E-state index in [9.17, 15) is 0 Å². The summed E-state index contributed by atoms with van der Waals surface area (Å²) in [6.45, 7) is 2.27. The monoisotopic (exact) mass is 249 g/mol. The Morgan fingerprint density at radius 1 is 1.35 bits per heavy atom. The summed E-state index contributed by atoms with van der Waals surface area (Å²) in [5.74, 6) is 0.684. The molecule has 0 fully saturated rings. The van der Waals surface area contributed by atoms with Gasteiger partial charge in [0.2, 0.25) is 0 Å². The lowest BCUT2D eigenvalue weighted by atomic mass is 10.2. The average molecular weight is 250 g/mol. The van der Waals surface area contributed by atoms with Crippen LogP contribution in [-0.2, 0) is 6.54 Å². The van der Waals surface area contributed by atoms with Gasteiger partial charge in [-0.15, -0.1) is 0 Å². The summed E-state index contributed by atoms with van der Waals surface area (Å²) in [4.78, 5) is 8.18. The number of aryl methyl sites for hydroxylation is 1. The van der Waals surface area contributed by atoms with Crippen molar-refractivity contribution >= 4 is 11.6 Å². The number of ether oxygens (including phenoxy) is 1. The molecule has 0 aliphatic heterocycles. The van der Waals surface area contributed by atoms with E-state index >= 15 is 0 Å². The molecule has 0 bridgehead atoms. The molecule has 0 radical (unpaired) electrons. The zero-order valence-electron chi connectivity index (χ0n) is 9.35. The fourth-order valence-electron chi connectivity index (χ4n) is 1.36. The molecular formula is C12H12ClN3O. The van der Waals surface area contributed by atoms with E-state index in [0.717, 1.165) is 11.3 Å². The fourth-order valence-corrected chi connectivity index (χ4v) is 1.59. The molecule has 1 heterocycles. The first-order chi connectivity index (χ1) is 8.19. The van der Waals surface area contributed by atoms with Gasteiger partial charge in [-0.25, -0.2) is 4.98 Å². The molecule has 0 amide bonds. The topological polar surface area (TPSA) is 61.0 Å². The molecule has 1 aromatic carbocycles. The van der Waals surface area contributed by atoms with Crippen LogP contribution in [0, 0.1) is 6.92 Å². The minimum atomic E-state index is 0.290. The predicted molar refractivity (Wildman–Crippen MR) is 66.2 cm³/mol. The summed E-state index contributed by atoms with van der Waals surface area (Å²) < 4.78 is 5.57. The van der Waals surface area contributed by atoms with Crippen LogP contribution in [0.1, 0.15) is 11.3 Å². The second kappa shape index (κ2) is 5.12. The van der Waals surface area contributed by atoms with Gasteiger partial charge in [0.25, 0.3) is 0 Å². The molecule has 5 heteroatoms. The number of aromatic nitrogens is 2. The third-order valence-electron chi connectivity index (χ3n) is 2.24. The van der Waals surface area contributed by atoms with Crippen LogP contribution in [0.3, 0.4) is 0 Å². The molecular weight excluding hydrogens is 238 g/mol. The molecule has 0 spiro atoms. The van der Waals surface area contributed by atoms with Crippen molar-refractivity contribution < 1.29 is 4.74 Å². The van der Waals surface area contributed by atoms with Crippen LogP contribution in [0.25, 0.3) is 0 Å². The largest absolute Gasteiger partial charge is 0.424 e. The maximum Gasteiger partial charge on any atom is 0.322 e. The lowest BCUT2D eigenvalue weighted by Crippen LogP contribution is -2.02. The van der Waals surface area contributed by atoms with Crippen LogP contribution in [0.4, 0.5) is 0 Å². The summed E-state index contributed by atoms with van der Waals surface area (Å²) in [5.41, 5.74) is 7.17. The molecule has 17 heavy (non-hydrogen) atoms. The maximum absolute atomic E-state index is 5.86. The van der Waals surface area contributed by atoms with E-state index in [1.807, 2.05) is 13.0 Å². The number of hydrogen-bond donors (Lipinski definition) is 1. The Morgan fingerprint density at radius 2 is 2.18 bits per heavy atom. The number of benzene rings is 1. The third-order valence-corrected chi connectivity index (χ3v) is 2.47. The van der Waals surface area contributed by atoms with Crippen molar-refractivity contribution in [2.45, 2.75) is 13.5 Å². The van der Waals surface area contributed by atoms with Crippen molar-refractivity contribution in [1.82, 2.24) is 9.97 Å². The first kappa shape index (κ1) is 11.8. The van der Waals surface area contributed by atoms with Crippen LogP contribution in [0.2, 0.25) is 5.02 Å². The molecule has 0 unspecified atom stereocenters. The second-order valence-corrected chi connectivity index (χ2v) is 3.98. The van der Waals surface area contributed by atoms with E-state index in [1.165, 1.54) is 0 Å². The molecule has 1 aromatic heterocycles. The maximum atomic E-state index is 5.86. The van der Waals surface area contributed by atoms with E-state index < -0.39 is 0 Å². The van der Waals surface area contributed by atoms with Gasteiger partial charge in [-0.3, -0.25) is 0 Å². The van der Waals surface area contributed by atoms with Gasteiger partial charge >= 0.3 is 6.01 Å². The van der Waals surface area contributed by atoms with Crippen LogP contribution < -0.4 is 10.5 Å². The summed E-state index contributed by atoms with van der Waals surface area (Å²) in [5, 5.41) is 0.673. The number of nitrogens with two attached hydrogens (primary N) is 1. The van der Waals surface area contributed by atoms with E-state index in [2.05, 4.69) is 9.97 Å². The Kier molecular flexibility index (Phi) is 3.56. The minimum Gasteiger partial charge on any atom is -0.424 e. The molecule has 0 saturated heterocycles. The highest BCUT2D eigenvalue weighted by atomic mass is 35.5. The normalized spacial score (nSPS) is 10.3. The van der Waals surface area contributed by atoms with Gasteiger partial charge in [0, 0.05) is 17.8 Å². The van der Waals surface area contributed by atoms with Crippen LogP contribution in [0.5, 0.6) is 11.8 Å². The molecule has 0 saturated carbocycles. The first-order valence-electron chi connectivity index (χ1n) is 5.15. The van der Waals surface area contributed by atoms with Crippen LogP contribution in [-0.4, -0.2) is 9.97 Å². The van der Waals surface area contributed by atoms with Crippen molar-refractivity contribution in [2.75, 3.05) is 0 Å². The third kappa shape index (κ3) is 2.93. The van der Waals surface area contributed by atoms with Gasteiger partial charge in [0.15, 0.2) is 0 Å². The van der Waals surface area contributed by atoms with Gasteiger partial charge in [-0.05, 0) is 36.8 Å². The number of hydrogen-bond acceptors (Lipinski definition) is 4. The van der Waals surface area contributed by atoms with Crippen molar-refractivity contribution in [3.8, 4) is 11.8 Å². The van der Waals surface area contributed by atoms with E-state index in [1.54, 1.807) is 24.4 Å². The summed E-state index contributed by atoms with van der Waals surface area (Å²) in [6, 6.07) is 7.41. The average Bonchev–Trinajstić information content (AvgIpc) is 2.33. The Balaban J connectivity index is 2.25. The van der Waals surface area contributed by atoms with Crippen molar-refractivity contribution in [3.05, 3.63) is 46.7 Å². The Bertz CT molecular complexity index is 531. The highest BCUT2D eigenvalue weighted by Gasteiger charge is 2.04. The molecule has 2 N–H and O–H groups in total. The summed E-state index contributed by atoms with van der Waals surface area (Å²) in [7, 11) is 0. The number of halogens is 1. The quantitative estimate of drug-likeness (QED) is 0.909. The molecule has 4 nitrogen and oxygen atoms in total. The summed E-state index contributed by atoms with van der Waals surface area (Å²) >= 11 is 5.86. The lowest BCUT2D eigenvalue weighted by Gasteiger charge is -2.07. The van der Waals surface area contributed by atoms with E-state index in [4.69, 9.17) is 22.1 Å². The lowest BCUT2D eigenvalue weighted by molar-refractivity contribution is 0.436. The van der Waals surface area contributed by atoms with E-state index in [-0.39, 0.29) is 0 Å². The number of nitrogens with zero attached hydrogens (tertiary/aromatic N) is 2. The van der Waals surface area contributed by atoms with Crippen molar-refractivity contribution in [3.63, 3.8) is 0 Å². The van der Waals surface area contributed by atoms with Gasteiger partial charge in [-0.1, -0.05) is 11.6 Å². The standard InChI is InChI=1S/C12H12ClN3O/c1-8-6-9(13)2-3-11(8)17-12-15-5-4-10(7-14)16-12/h2-6H,7,14H2,1H3. The van der Waals surface area contributed by atoms with Gasteiger partial charge in [-0.2, -0.15) is 4.98 Å². The number of rotatable bonds is 3. The smallest absolute Gasteiger partial charge is 0.322 e. The highest BCUT2D eigenvalue weighted by molar-refractivity contribution is 6.30.